The van der Waals surface area contributed by atoms with Gasteiger partial charge in [-0.2, -0.15) is 0 Å². The second-order valence-electron chi connectivity index (χ2n) is 8.72. The second-order valence-corrected chi connectivity index (χ2v) is 8.72. The van der Waals surface area contributed by atoms with Crippen molar-refractivity contribution in [2.75, 3.05) is 42.9 Å². The molecule has 0 bridgehead atoms. The average molecular weight is 455 g/mol. The minimum atomic E-state index is -0.471. The maximum Gasteiger partial charge on any atom is 0.249 e. The molecule has 0 saturated carbocycles. The Balaban J connectivity index is 1.39. The molecule has 0 radical (unpaired) electrons. The number of para-hydroxylation sites is 1. The van der Waals surface area contributed by atoms with Gasteiger partial charge < -0.3 is 16.0 Å². The fourth-order valence-corrected chi connectivity index (χ4v) is 4.76. The van der Waals surface area contributed by atoms with Crippen molar-refractivity contribution < 1.29 is 4.79 Å². The Morgan fingerprint density at radius 3 is 2.26 bits per heavy atom. The standard InChI is InChI=1S/C27H30N6O/c28-27(34)22-12-7-13-23-26(22)24(18-20-8-3-1-4-9-20)33(29)25(30-23)19-31-14-16-32(17-15-31)21-10-5-2-6-11-21/h1-13,18,25,30H,14-17,19,29H2,(H2,28,34)/b24-18-. The smallest absolute Gasteiger partial charge is 0.249 e. The molecule has 1 fully saturated rings. The van der Waals surface area contributed by atoms with Crippen LogP contribution in [0.5, 0.6) is 0 Å². The zero-order valence-electron chi connectivity index (χ0n) is 19.1. The zero-order chi connectivity index (χ0) is 23.5. The van der Waals surface area contributed by atoms with Crippen LogP contribution in [0.1, 0.15) is 21.5 Å². The number of carbonyl (C=O) groups is 1. The van der Waals surface area contributed by atoms with Gasteiger partial charge in [0.15, 0.2) is 0 Å². The van der Waals surface area contributed by atoms with Gasteiger partial charge in [-0.15, -0.1) is 0 Å². The Labute approximate surface area is 200 Å². The summed E-state index contributed by atoms with van der Waals surface area (Å²) in [5, 5.41) is 5.29. The van der Waals surface area contributed by atoms with E-state index >= 15 is 0 Å². The number of amides is 1. The van der Waals surface area contributed by atoms with Crippen molar-refractivity contribution in [1.29, 1.82) is 0 Å². The molecule has 0 aromatic heterocycles. The lowest BCUT2D eigenvalue weighted by molar-refractivity contribution is 0.0999. The summed E-state index contributed by atoms with van der Waals surface area (Å²) >= 11 is 0. The van der Waals surface area contributed by atoms with Crippen LogP contribution in [0.15, 0.2) is 78.9 Å². The monoisotopic (exact) mass is 454 g/mol. The molecule has 5 N–H and O–H groups in total. The molecule has 174 valence electrons. The minimum Gasteiger partial charge on any atom is -0.369 e. The lowest BCUT2D eigenvalue weighted by atomic mass is 9.96. The highest BCUT2D eigenvalue weighted by Gasteiger charge is 2.32. The van der Waals surface area contributed by atoms with Crippen LogP contribution in [0.2, 0.25) is 0 Å². The number of hydrogen-bond acceptors (Lipinski definition) is 6. The molecule has 2 aliphatic rings. The molecular formula is C27H30N6O. The van der Waals surface area contributed by atoms with Gasteiger partial charge in [-0.25, -0.2) is 5.84 Å². The predicted molar refractivity (Wildman–Crippen MR) is 138 cm³/mol. The summed E-state index contributed by atoms with van der Waals surface area (Å²) in [6.07, 6.45) is 1.88. The van der Waals surface area contributed by atoms with Gasteiger partial charge in [0.2, 0.25) is 5.91 Å². The van der Waals surface area contributed by atoms with Gasteiger partial charge in [0.05, 0.1) is 11.3 Å². The molecule has 3 aromatic rings. The molecule has 1 saturated heterocycles. The van der Waals surface area contributed by atoms with Crippen LogP contribution in [0.25, 0.3) is 11.8 Å². The Morgan fingerprint density at radius 2 is 1.59 bits per heavy atom. The minimum absolute atomic E-state index is 0.145. The summed E-state index contributed by atoms with van der Waals surface area (Å²) in [4.78, 5) is 17.1. The molecule has 1 unspecified atom stereocenters. The van der Waals surface area contributed by atoms with Crippen molar-refractivity contribution in [3.05, 3.63) is 95.6 Å². The highest BCUT2D eigenvalue weighted by Crippen LogP contribution is 2.36. The van der Waals surface area contributed by atoms with E-state index in [9.17, 15) is 4.79 Å². The first-order valence-corrected chi connectivity index (χ1v) is 11.6. The van der Waals surface area contributed by atoms with Crippen LogP contribution in [-0.2, 0) is 0 Å². The van der Waals surface area contributed by atoms with E-state index in [-0.39, 0.29) is 6.17 Å². The molecule has 1 atom stereocenters. The lowest BCUT2D eigenvalue weighted by Crippen LogP contribution is -2.56. The summed E-state index contributed by atoms with van der Waals surface area (Å²) in [6, 6.07) is 26.1. The third-order valence-corrected chi connectivity index (χ3v) is 6.55. The summed E-state index contributed by atoms with van der Waals surface area (Å²) in [5.74, 6) is 6.23. The van der Waals surface area contributed by atoms with Crippen LogP contribution >= 0.6 is 0 Å². The number of hydrazine groups is 1. The maximum atomic E-state index is 12.2. The summed E-state index contributed by atoms with van der Waals surface area (Å²) in [6.45, 7) is 4.60. The first-order chi connectivity index (χ1) is 16.6. The van der Waals surface area contributed by atoms with Gasteiger partial charge in [-0.05, 0) is 35.9 Å². The number of nitrogens with one attached hydrogen (secondary N) is 1. The maximum absolute atomic E-state index is 12.2. The summed E-state index contributed by atoms with van der Waals surface area (Å²) < 4.78 is 0. The van der Waals surface area contributed by atoms with E-state index in [1.807, 2.05) is 54.6 Å². The third-order valence-electron chi connectivity index (χ3n) is 6.55. The van der Waals surface area contributed by atoms with E-state index in [0.29, 0.717) is 5.56 Å². The third kappa shape index (κ3) is 4.48. The Bertz CT molecular complexity index is 1170. The predicted octanol–water partition coefficient (Wildman–Crippen LogP) is 3.03. The Hall–Kier alpha value is -3.81. The van der Waals surface area contributed by atoms with Crippen molar-refractivity contribution in [1.82, 2.24) is 9.91 Å². The molecule has 34 heavy (non-hydrogen) atoms. The van der Waals surface area contributed by atoms with Crippen LogP contribution in [-0.4, -0.2) is 54.7 Å². The van der Waals surface area contributed by atoms with Gasteiger partial charge in [0.1, 0.15) is 6.17 Å². The number of benzene rings is 3. The van der Waals surface area contributed by atoms with E-state index < -0.39 is 5.91 Å². The largest absolute Gasteiger partial charge is 0.369 e. The van der Waals surface area contributed by atoms with E-state index in [4.69, 9.17) is 11.6 Å². The van der Waals surface area contributed by atoms with Gasteiger partial charge >= 0.3 is 0 Å². The van der Waals surface area contributed by atoms with Gasteiger partial charge in [0.25, 0.3) is 0 Å². The molecule has 7 heteroatoms. The van der Waals surface area contributed by atoms with Crippen molar-refractivity contribution >= 4 is 29.1 Å². The number of primary amides is 1. The number of carbonyl (C=O) groups excluding carboxylic acids is 1. The lowest BCUT2D eigenvalue weighted by Gasteiger charge is -2.43. The number of hydrogen-bond donors (Lipinski definition) is 3. The number of rotatable bonds is 5. The zero-order valence-corrected chi connectivity index (χ0v) is 19.1. The van der Waals surface area contributed by atoms with Gasteiger partial charge in [-0.3, -0.25) is 14.7 Å². The Morgan fingerprint density at radius 1 is 0.912 bits per heavy atom. The fourth-order valence-electron chi connectivity index (χ4n) is 4.76. The molecular weight excluding hydrogens is 424 g/mol. The molecule has 2 aliphatic heterocycles. The fraction of sp³-hybridized carbons (Fsp3) is 0.222. The highest BCUT2D eigenvalue weighted by atomic mass is 16.1. The van der Waals surface area contributed by atoms with E-state index in [1.54, 1.807) is 11.1 Å². The SMILES string of the molecule is NC(=O)c1cccc2c1/C(=C/c1ccccc1)N(N)C(CN1CCN(c3ccccc3)CC1)N2. The number of piperazine rings is 1. The van der Waals surface area contributed by atoms with Crippen LogP contribution < -0.4 is 21.8 Å². The van der Waals surface area contributed by atoms with Crippen molar-refractivity contribution in [2.45, 2.75) is 6.17 Å². The molecule has 5 rings (SSSR count). The molecule has 7 nitrogen and oxygen atoms in total. The van der Waals surface area contributed by atoms with E-state index in [1.165, 1.54) is 5.69 Å². The molecule has 0 spiro atoms. The van der Waals surface area contributed by atoms with Crippen LogP contribution in [0.3, 0.4) is 0 Å². The highest BCUT2D eigenvalue weighted by molar-refractivity contribution is 6.03. The summed E-state index contributed by atoms with van der Waals surface area (Å²) in [5.41, 5.74) is 10.8. The van der Waals surface area contributed by atoms with Gasteiger partial charge in [0, 0.05) is 49.7 Å². The normalized spacial score (nSPS) is 19.6. The first-order valence-electron chi connectivity index (χ1n) is 11.6. The number of fused-ring (bicyclic) bond motifs is 1. The van der Waals surface area contributed by atoms with Crippen molar-refractivity contribution in [2.24, 2.45) is 11.6 Å². The number of nitrogens with zero attached hydrogens (tertiary/aromatic N) is 3. The number of nitrogens with two attached hydrogens (primary N) is 2. The molecule has 0 aliphatic carbocycles. The average Bonchev–Trinajstić information content (AvgIpc) is 2.87. The second kappa shape index (κ2) is 9.59. The molecule has 1 amide bonds. The topological polar surface area (TPSA) is 90.9 Å². The van der Waals surface area contributed by atoms with Crippen LogP contribution in [0.4, 0.5) is 11.4 Å². The number of anilines is 2. The van der Waals surface area contributed by atoms with E-state index in [2.05, 4.69) is 39.4 Å². The summed E-state index contributed by atoms with van der Waals surface area (Å²) in [7, 11) is 0. The first kappa shape index (κ1) is 22.0. The Kier molecular flexibility index (Phi) is 6.20. The molecule has 3 aromatic carbocycles. The van der Waals surface area contributed by atoms with Crippen molar-refractivity contribution in [3.8, 4) is 0 Å². The quantitative estimate of drug-likeness (QED) is 0.514. The van der Waals surface area contributed by atoms with Crippen molar-refractivity contribution in [3.63, 3.8) is 0 Å². The molecule has 2 heterocycles. The van der Waals surface area contributed by atoms with E-state index in [0.717, 1.165) is 55.2 Å². The van der Waals surface area contributed by atoms with Crippen LogP contribution in [0, 0.1) is 0 Å². The van der Waals surface area contributed by atoms with Gasteiger partial charge in [-0.1, -0.05) is 54.6 Å².